The van der Waals surface area contributed by atoms with Gasteiger partial charge in [-0.15, -0.1) is 10.2 Å². The molecule has 0 aliphatic heterocycles. The number of carbonyl (C=O) groups excluding carboxylic acids is 2. The topological polar surface area (TPSA) is 93.2 Å². The molecule has 1 heterocycles. The molecule has 0 bridgehead atoms. The minimum atomic E-state index is -0.418. The van der Waals surface area contributed by atoms with Crippen LogP contribution in [0.4, 0.5) is 10.1 Å². The van der Waals surface area contributed by atoms with Gasteiger partial charge in [-0.25, -0.2) is 4.39 Å². The van der Waals surface area contributed by atoms with Crippen molar-refractivity contribution in [1.29, 1.82) is 0 Å². The Hall–Kier alpha value is -3.33. The highest BCUT2D eigenvalue weighted by atomic mass is 32.1. The maximum Gasteiger partial charge on any atom is 0.286 e. The molecule has 1 aromatic heterocycles. The quantitative estimate of drug-likeness (QED) is 0.575. The number of amides is 2. The van der Waals surface area contributed by atoms with E-state index >= 15 is 0 Å². The second-order valence-electron chi connectivity index (χ2n) is 7.23. The number of carbonyl (C=O) groups is 2. The number of benzene rings is 2. The molecule has 0 radical (unpaired) electrons. The largest absolute Gasteiger partial charge is 0.486 e. The fourth-order valence-electron chi connectivity index (χ4n) is 3.34. The molecule has 2 aromatic carbocycles. The van der Waals surface area contributed by atoms with E-state index in [4.69, 9.17) is 4.74 Å². The monoisotopic (exact) mass is 440 g/mol. The first kappa shape index (κ1) is 20.9. The summed E-state index contributed by atoms with van der Waals surface area (Å²) >= 11 is 1.10. The predicted octanol–water partition coefficient (Wildman–Crippen LogP) is 4.18. The number of nitrogens with zero attached hydrogens (tertiary/aromatic N) is 2. The Bertz CT molecular complexity index is 1060. The van der Waals surface area contributed by atoms with Gasteiger partial charge in [0.25, 0.3) is 11.8 Å². The van der Waals surface area contributed by atoms with Gasteiger partial charge in [-0.05, 0) is 55.3 Å². The SMILES string of the molecule is O=C(NC1CCCC1)c1cccc(NC(=O)c2nnc(COc3ccc(F)cc3)s2)c1. The van der Waals surface area contributed by atoms with Gasteiger partial charge >= 0.3 is 0 Å². The van der Waals surface area contributed by atoms with Crippen LogP contribution in [-0.2, 0) is 6.61 Å². The molecule has 0 atom stereocenters. The number of anilines is 1. The van der Waals surface area contributed by atoms with Gasteiger partial charge in [0.15, 0.2) is 5.01 Å². The van der Waals surface area contributed by atoms with Crippen molar-refractivity contribution in [2.45, 2.75) is 38.3 Å². The standard InChI is InChI=1S/C22H21FN4O3S/c23-15-8-10-18(11-9-15)30-13-19-26-27-22(31-19)21(29)25-17-7-3-4-14(12-17)20(28)24-16-5-1-2-6-16/h3-4,7-12,16H,1-2,5-6,13H2,(H,24,28)(H,25,29). The molecular weight excluding hydrogens is 419 g/mol. The molecule has 3 aromatic rings. The summed E-state index contributed by atoms with van der Waals surface area (Å²) in [6.07, 6.45) is 4.29. The molecule has 2 N–H and O–H groups in total. The summed E-state index contributed by atoms with van der Waals surface area (Å²) in [7, 11) is 0. The van der Waals surface area contributed by atoms with E-state index in [0.717, 1.165) is 37.0 Å². The second kappa shape index (κ2) is 9.65. The van der Waals surface area contributed by atoms with Crippen molar-refractivity contribution in [2.24, 2.45) is 0 Å². The van der Waals surface area contributed by atoms with Crippen LogP contribution in [0.1, 0.15) is 50.9 Å². The molecule has 1 fully saturated rings. The van der Waals surface area contributed by atoms with Crippen molar-refractivity contribution in [2.75, 3.05) is 5.32 Å². The zero-order valence-electron chi connectivity index (χ0n) is 16.6. The van der Waals surface area contributed by atoms with E-state index < -0.39 is 5.91 Å². The number of aromatic nitrogens is 2. The van der Waals surface area contributed by atoms with Gasteiger partial charge in [0.1, 0.15) is 18.2 Å². The fourth-order valence-corrected chi connectivity index (χ4v) is 3.99. The summed E-state index contributed by atoms with van der Waals surface area (Å²) in [6, 6.07) is 12.7. The van der Waals surface area contributed by atoms with Crippen LogP contribution in [0, 0.1) is 5.82 Å². The van der Waals surface area contributed by atoms with Crippen LogP contribution in [0.3, 0.4) is 0 Å². The molecule has 1 aliphatic rings. The molecule has 9 heteroatoms. The molecule has 4 rings (SSSR count). The smallest absolute Gasteiger partial charge is 0.286 e. The van der Waals surface area contributed by atoms with E-state index in [-0.39, 0.29) is 29.4 Å². The molecule has 0 spiro atoms. The molecule has 31 heavy (non-hydrogen) atoms. The van der Waals surface area contributed by atoms with Crippen molar-refractivity contribution >= 4 is 28.8 Å². The Labute approximate surface area is 182 Å². The summed E-state index contributed by atoms with van der Waals surface area (Å²) in [6.45, 7) is 0.118. The number of halogens is 1. The van der Waals surface area contributed by atoms with Gasteiger partial charge in [-0.2, -0.15) is 0 Å². The van der Waals surface area contributed by atoms with Gasteiger partial charge in [0, 0.05) is 17.3 Å². The molecule has 7 nitrogen and oxygen atoms in total. The van der Waals surface area contributed by atoms with Crippen LogP contribution in [0.25, 0.3) is 0 Å². The minimum Gasteiger partial charge on any atom is -0.486 e. The first-order valence-corrected chi connectivity index (χ1v) is 10.8. The van der Waals surface area contributed by atoms with Crippen LogP contribution in [0.2, 0.25) is 0 Å². The normalized spacial score (nSPS) is 13.7. The number of ether oxygens (including phenoxy) is 1. The van der Waals surface area contributed by atoms with Crippen LogP contribution >= 0.6 is 11.3 Å². The van der Waals surface area contributed by atoms with Gasteiger partial charge < -0.3 is 15.4 Å². The predicted molar refractivity (Wildman–Crippen MR) is 115 cm³/mol. The lowest BCUT2D eigenvalue weighted by atomic mass is 10.1. The summed E-state index contributed by atoms with van der Waals surface area (Å²) in [5.41, 5.74) is 0.999. The van der Waals surface area contributed by atoms with Gasteiger partial charge in [0.2, 0.25) is 5.01 Å². The molecule has 160 valence electrons. The first-order valence-electron chi connectivity index (χ1n) is 10.00. The number of rotatable bonds is 7. The summed E-state index contributed by atoms with van der Waals surface area (Å²) in [5, 5.41) is 14.3. The lowest BCUT2D eigenvalue weighted by molar-refractivity contribution is 0.0936. The fraction of sp³-hybridized carbons (Fsp3) is 0.273. The van der Waals surface area contributed by atoms with E-state index in [1.165, 1.54) is 24.3 Å². The lowest BCUT2D eigenvalue weighted by Gasteiger charge is -2.12. The summed E-state index contributed by atoms with van der Waals surface area (Å²) in [5.74, 6) is -0.407. The van der Waals surface area contributed by atoms with Gasteiger partial charge in [-0.3, -0.25) is 9.59 Å². The Morgan fingerprint density at radius 2 is 1.84 bits per heavy atom. The molecule has 0 unspecified atom stereocenters. The third kappa shape index (κ3) is 5.64. The Morgan fingerprint density at radius 3 is 2.61 bits per heavy atom. The van der Waals surface area contributed by atoms with Gasteiger partial charge in [-0.1, -0.05) is 30.2 Å². The Morgan fingerprint density at radius 1 is 1.06 bits per heavy atom. The minimum absolute atomic E-state index is 0.118. The molecule has 1 saturated carbocycles. The summed E-state index contributed by atoms with van der Waals surface area (Å²) < 4.78 is 18.5. The van der Waals surface area contributed by atoms with Crippen LogP contribution in [0.15, 0.2) is 48.5 Å². The maximum atomic E-state index is 12.9. The number of hydrogen-bond acceptors (Lipinski definition) is 6. The van der Waals surface area contributed by atoms with Crippen LogP contribution in [0.5, 0.6) is 5.75 Å². The van der Waals surface area contributed by atoms with E-state index in [0.29, 0.717) is 22.0 Å². The molecular formula is C22H21FN4O3S. The maximum absolute atomic E-state index is 12.9. The van der Waals surface area contributed by atoms with Crippen molar-refractivity contribution in [1.82, 2.24) is 15.5 Å². The highest BCUT2D eigenvalue weighted by Gasteiger charge is 2.19. The molecule has 0 saturated heterocycles. The second-order valence-corrected chi connectivity index (χ2v) is 8.30. The third-order valence-electron chi connectivity index (χ3n) is 4.91. The third-order valence-corrected chi connectivity index (χ3v) is 5.81. The molecule has 2 amide bonds. The molecule has 1 aliphatic carbocycles. The van der Waals surface area contributed by atoms with Crippen molar-refractivity contribution in [3.63, 3.8) is 0 Å². The van der Waals surface area contributed by atoms with Crippen LogP contribution in [-0.4, -0.2) is 28.1 Å². The van der Waals surface area contributed by atoms with E-state index in [1.807, 2.05) is 0 Å². The van der Waals surface area contributed by atoms with Crippen molar-refractivity contribution < 1.29 is 18.7 Å². The zero-order chi connectivity index (χ0) is 21.6. The lowest BCUT2D eigenvalue weighted by Crippen LogP contribution is -2.32. The summed E-state index contributed by atoms with van der Waals surface area (Å²) in [4.78, 5) is 25.0. The van der Waals surface area contributed by atoms with E-state index in [1.54, 1.807) is 24.3 Å². The zero-order valence-corrected chi connectivity index (χ0v) is 17.5. The number of hydrogen-bond donors (Lipinski definition) is 2. The van der Waals surface area contributed by atoms with E-state index in [9.17, 15) is 14.0 Å². The van der Waals surface area contributed by atoms with Crippen molar-refractivity contribution in [3.8, 4) is 5.75 Å². The highest BCUT2D eigenvalue weighted by molar-refractivity contribution is 7.13. The average Bonchev–Trinajstić information content (AvgIpc) is 3.46. The number of nitrogens with one attached hydrogen (secondary N) is 2. The average molecular weight is 441 g/mol. The van der Waals surface area contributed by atoms with Crippen molar-refractivity contribution in [3.05, 3.63) is 69.9 Å². The van der Waals surface area contributed by atoms with E-state index in [2.05, 4.69) is 20.8 Å². The van der Waals surface area contributed by atoms with Gasteiger partial charge in [0.05, 0.1) is 0 Å². The Kier molecular flexibility index (Phi) is 6.51. The Balaban J connectivity index is 1.34. The van der Waals surface area contributed by atoms with Crippen LogP contribution < -0.4 is 15.4 Å². The highest BCUT2D eigenvalue weighted by Crippen LogP contribution is 2.20. The first-order chi connectivity index (χ1) is 15.1.